The van der Waals surface area contributed by atoms with Gasteiger partial charge in [-0.1, -0.05) is 148 Å². The van der Waals surface area contributed by atoms with E-state index < -0.39 is 0 Å². The highest BCUT2D eigenvalue weighted by atomic mass is 15.1. The zero-order valence-corrected chi connectivity index (χ0v) is 39.3. The van der Waals surface area contributed by atoms with E-state index in [2.05, 4.69) is 236 Å². The molecule has 0 radical (unpaired) electrons. The van der Waals surface area contributed by atoms with Gasteiger partial charge in [-0.15, -0.1) is 0 Å². The van der Waals surface area contributed by atoms with Crippen LogP contribution in [-0.4, -0.2) is 16.2 Å². The molecule has 9 aromatic carbocycles. The molecular weight excluding hydrogens is 824 g/mol. The number of rotatable bonds is 6. The maximum atomic E-state index is 4.23. The van der Waals surface area contributed by atoms with Crippen molar-refractivity contribution in [3.63, 3.8) is 0 Å². The van der Waals surface area contributed by atoms with Crippen molar-refractivity contribution in [3.8, 4) is 16.8 Å². The number of para-hydroxylation sites is 6. The molecule has 0 atom stereocenters. The molecule has 2 aliphatic rings. The predicted octanol–water partition coefficient (Wildman–Crippen LogP) is 15.2. The van der Waals surface area contributed by atoms with Crippen molar-refractivity contribution in [2.24, 2.45) is 0 Å². The molecule has 4 heterocycles. The number of hydrogen-bond acceptors (Lipinski definition) is 2. The van der Waals surface area contributed by atoms with E-state index in [1.807, 2.05) is 0 Å². The number of aryl methyl sites for hydroxylation is 1. The number of hydrogen-bond donors (Lipinski definition) is 1. The largest absolute Gasteiger partial charge is 0.355 e. The summed E-state index contributed by atoms with van der Waals surface area (Å²) in [6.45, 7) is 12.0. The molecule has 1 N–H and O–H groups in total. The Morgan fingerprint density at radius 1 is 0.471 bits per heavy atom. The van der Waals surface area contributed by atoms with Crippen molar-refractivity contribution in [2.45, 2.75) is 58.3 Å². The van der Waals surface area contributed by atoms with Crippen LogP contribution in [0.2, 0.25) is 0 Å². The molecule has 0 saturated carbocycles. The molecule has 5 heteroatoms. The molecule has 4 nitrogen and oxygen atoms in total. The zero-order chi connectivity index (χ0) is 45.6. The van der Waals surface area contributed by atoms with Crippen LogP contribution in [0.15, 0.2) is 182 Å². The molecule has 68 heavy (non-hydrogen) atoms. The average molecular weight is 875 g/mol. The van der Waals surface area contributed by atoms with E-state index in [4.69, 9.17) is 0 Å². The maximum absolute atomic E-state index is 4.23. The summed E-state index contributed by atoms with van der Waals surface area (Å²) in [5.74, 6) is 0. The molecule has 0 unspecified atom stereocenters. The van der Waals surface area contributed by atoms with E-state index in [1.54, 1.807) is 0 Å². The Morgan fingerprint density at radius 3 is 1.75 bits per heavy atom. The molecule has 14 rings (SSSR count). The Balaban J connectivity index is 1.11. The van der Waals surface area contributed by atoms with Crippen LogP contribution in [0.25, 0.3) is 76.7 Å². The van der Waals surface area contributed by atoms with Crippen LogP contribution in [0.5, 0.6) is 0 Å². The van der Waals surface area contributed by atoms with Crippen LogP contribution in [0.1, 0.15) is 57.2 Å². The van der Waals surface area contributed by atoms with Gasteiger partial charge in [0.1, 0.15) is 0 Å². The number of benzene rings is 9. The minimum atomic E-state index is 0.0665. The van der Waals surface area contributed by atoms with Gasteiger partial charge in [0.25, 0.3) is 0 Å². The highest BCUT2D eigenvalue weighted by molar-refractivity contribution is 6.73. The number of nitrogens with one attached hydrogen (secondary N) is 1. The fraction of sp³-hybridized carbons (Fsp3) is 0.143. The summed E-state index contributed by atoms with van der Waals surface area (Å²) in [5.41, 5.74) is 22.6. The Hall–Kier alpha value is -7.76. The highest BCUT2D eigenvalue weighted by Gasteiger charge is 2.38. The van der Waals surface area contributed by atoms with E-state index >= 15 is 0 Å². The van der Waals surface area contributed by atoms with Crippen molar-refractivity contribution in [2.75, 3.05) is 10.2 Å². The SMILES string of the molecule is Cc1cc2c(cc1Nc1cc3c(cc1-c1cc(N(c4ccccc4)c4ccccc4)cc4c1Bc1cccc5c6ccccc6n-4c15)c1cccc4c5ccccc5n3c41)C(C)(C)CCC2(C)C. The van der Waals surface area contributed by atoms with Gasteiger partial charge >= 0.3 is 0 Å². The van der Waals surface area contributed by atoms with Gasteiger partial charge in [-0.2, -0.15) is 0 Å². The fourth-order valence-electron chi connectivity index (χ4n) is 12.5. The molecule has 0 bridgehead atoms. The molecular formula is C63H51BN4. The van der Waals surface area contributed by atoms with Crippen LogP contribution in [0.4, 0.5) is 28.4 Å². The van der Waals surface area contributed by atoms with Gasteiger partial charge in [0.2, 0.25) is 0 Å². The second-order valence-corrected chi connectivity index (χ2v) is 20.9. The quantitative estimate of drug-likeness (QED) is 0.168. The smallest absolute Gasteiger partial charge is 0.198 e. The van der Waals surface area contributed by atoms with Crippen LogP contribution in [0.3, 0.4) is 0 Å². The van der Waals surface area contributed by atoms with E-state index in [1.165, 1.54) is 111 Å². The summed E-state index contributed by atoms with van der Waals surface area (Å²) in [7, 11) is 0.813. The lowest BCUT2D eigenvalue weighted by Gasteiger charge is -2.42. The molecule has 1 aliphatic heterocycles. The maximum Gasteiger partial charge on any atom is 0.198 e. The molecule has 0 saturated heterocycles. The average Bonchev–Trinajstić information content (AvgIpc) is 4.00. The van der Waals surface area contributed by atoms with Gasteiger partial charge < -0.3 is 19.2 Å². The van der Waals surface area contributed by atoms with Crippen molar-refractivity contribution in [1.82, 2.24) is 8.97 Å². The Kier molecular flexibility index (Phi) is 8.19. The molecule has 12 aromatic rings. The molecule has 326 valence electrons. The van der Waals surface area contributed by atoms with Crippen LogP contribution >= 0.6 is 0 Å². The molecule has 0 amide bonds. The summed E-state index contributed by atoms with van der Waals surface area (Å²) in [6.07, 6.45) is 2.35. The van der Waals surface area contributed by atoms with Crippen LogP contribution in [0, 0.1) is 6.92 Å². The zero-order valence-electron chi connectivity index (χ0n) is 39.3. The van der Waals surface area contributed by atoms with E-state index in [0.717, 1.165) is 42.1 Å². The normalized spacial score (nSPS) is 14.8. The van der Waals surface area contributed by atoms with Gasteiger partial charge in [-0.05, 0) is 125 Å². The number of aromatic nitrogens is 2. The monoisotopic (exact) mass is 874 g/mol. The summed E-state index contributed by atoms with van der Waals surface area (Å²) >= 11 is 0. The van der Waals surface area contributed by atoms with Gasteiger partial charge in [-0.25, -0.2) is 0 Å². The molecule has 0 fully saturated rings. The lowest BCUT2D eigenvalue weighted by atomic mass is 9.59. The second kappa shape index (κ2) is 14.1. The van der Waals surface area contributed by atoms with Crippen molar-refractivity contribution in [3.05, 3.63) is 199 Å². The van der Waals surface area contributed by atoms with E-state index in [9.17, 15) is 0 Å². The van der Waals surface area contributed by atoms with Crippen LogP contribution < -0.4 is 21.1 Å². The molecule has 3 aromatic heterocycles. The third-order valence-electron chi connectivity index (χ3n) is 16.0. The second-order valence-electron chi connectivity index (χ2n) is 20.9. The van der Waals surface area contributed by atoms with Crippen molar-refractivity contribution in [1.29, 1.82) is 0 Å². The first kappa shape index (κ1) is 39.4. The molecule has 0 spiro atoms. The Morgan fingerprint density at radius 2 is 1.04 bits per heavy atom. The van der Waals surface area contributed by atoms with Gasteiger partial charge in [0.15, 0.2) is 7.28 Å². The molecule has 1 aliphatic carbocycles. The minimum absolute atomic E-state index is 0.0665. The van der Waals surface area contributed by atoms with Crippen molar-refractivity contribution >= 4 is 107 Å². The number of anilines is 5. The van der Waals surface area contributed by atoms with E-state index in [-0.39, 0.29) is 10.8 Å². The first-order valence-electron chi connectivity index (χ1n) is 24.4. The Bertz CT molecular complexity index is 4000. The van der Waals surface area contributed by atoms with Gasteiger partial charge in [0.05, 0.1) is 22.1 Å². The Labute approximate surface area is 397 Å². The highest BCUT2D eigenvalue weighted by Crippen LogP contribution is 2.50. The first-order chi connectivity index (χ1) is 33.1. The minimum Gasteiger partial charge on any atom is -0.355 e. The van der Waals surface area contributed by atoms with Gasteiger partial charge in [-0.3, -0.25) is 0 Å². The summed E-state index contributed by atoms with van der Waals surface area (Å²) in [6, 6.07) is 68.3. The first-order valence-corrected chi connectivity index (χ1v) is 24.4. The third kappa shape index (κ3) is 5.56. The lowest BCUT2D eigenvalue weighted by molar-refractivity contribution is 0.332. The summed E-state index contributed by atoms with van der Waals surface area (Å²) in [4.78, 5) is 2.43. The van der Waals surface area contributed by atoms with E-state index in [0.29, 0.717) is 0 Å². The lowest BCUT2D eigenvalue weighted by Crippen LogP contribution is -2.37. The number of fused-ring (bicyclic) bond motifs is 12. The standard InChI is InChI=1S/C63H51BN4/c1-38-32-50-51(63(4,5)31-30-62(50,2)3)36-53(38)65-54-37-57-48(46-25-16-24-44-42-22-12-14-28-55(42)67(57)60(44)46)35-47(54)49-33-41(66(39-18-8-6-9-19-39)40-20-10-7-11-21-40)34-58-59(49)64-52-27-17-26-45-43-23-13-15-29-56(43)68(58)61(45)52/h6-29,32-37,64-65H,30-31H2,1-5H3. The fourth-order valence-corrected chi connectivity index (χ4v) is 12.5. The van der Waals surface area contributed by atoms with Crippen molar-refractivity contribution < 1.29 is 0 Å². The topological polar surface area (TPSA) is 24.6 Å². The predicted molar refractivity (Wildman–Crippen MR) is 292 cm³/mol. The van der Waals surface area contributed by atoms with Crippen LogP contribution in [-0.2, 0) is 10.8 Å². The third-order valence-corrected chi connectivity index (χ3v) is 16.0. The summed E-state index contributed by atoms with van der Waals surface area (Å²) in [5, 5.41) is 11.9. The summed E-state index contributed by atoms with van der Waals surface area (Å²) < 4.78 is 5.09. The number of nitrogens with zero attached hydrogens (tertiary/aromatic N) is 3. The van der Waals surface area contributed by atoms with Gasteiger partial charge in [0, 0.05) is 77.5 Å².